The van der Waals surface area contributed by atoms with Crippen LogP contribution >= 0.6 is 0 Å². The lowest BCUT2D eigenvalue weighted by Crippen LogP contribution is -2.00. The smallest absolute Gasteiger partial charge is 0.228 e. The number of benzene rings is 7. The van der Waals surface area contributed by atoms with E-state index in [9.17, 15) is 0 Å². The normalized spacial score (nSPS) is 11.4. The lowest BCUT2D eigenvalue weighted by atomic mass is 9.95. The molecule has 0 radical (unpaired) electrons. The molecule has 248 valence electrons. The fourth-order valence-electron chi connectivity index (χ4n) is 7.11. The lowest BCUT2D eigenvalue weighted by molar-refractivity contribution is 0.656. The maximum atomic E-state index is 6.25. The van der Waals surface area contributed by atoms with E-state index in [2.05, 4.69) is 140 Å². The molecule has 3 aromatic heterocycles. The van der Waals surface area contributed by atoms with Crippen molar-refractivity contribution >= 4 is 33.0 Å². The second kappa shape index (κ2) is 12.8. The minimum atomic E-state index is 0.606. The van der Waals surface area contributed by atoms with Crippen molar-refractivity contribution in [1.82, 2.24) is 19.9 Å². The van der Waals surface area contributed by atoms with E-state index in [0.717, 1.165) is 77.3 Å². The maximum absolute atomic E-state index is 6.25. The van der Waals surface area contributed by atoms with E-state index >= 15 is 0 Å². The molecule has 0 saturated carbocycles. The van der Waals surface area contributed by atoms with E-state index < -0.39 is 0 Å². The summed E-state index contributed by atoms with van der Waals surface area (Å²) in [4.78, 5) is 20.0. The first-order valence-corrected chi connectivity index (χ1v) is 17.6. The predicted molar refractivity (Wildman–Crippen MR) is 215 cm³/mol. The highest BCUT2D eigenvalue weighted by molar-refractivity contribution is 6.18. The van der Waals surface area contributed by atoms with Crippen molar-refractivity contribution in [2.75, 3.05) is 0 Å². The molecular formula is C48H30N4O. The molecule has 0 unspecified atom stereocenters. The van der Waals surface area contributed by atoms with E-state index in [1.54, 1.807) is 0 Å². The van der Waals surface area contributed by atoms with Gasteiger partial charge in [-0.15, -0.1) is 0 Å². The average molecular weight is 679 g/mol. The van der Waals surface area contributed by atoms with Gasteiger partial charge in [-0.25, -0.2) is 19.9 Å². The molecule has 10 aromatic rings. The van der Waals surface area contributed by atoms with Crippen LogP contribution in [-0.2, 0) is 0 Å². The molecule has 5 heteroatoms. The largest absolute Gasteiger partial charge is 0.438 e. The van der Waals surface area contributed by atoms with Crippen molar-refractivity contribution in [1.29, 1.82) is 0 Å². The fraction of sp³-hybridized carbons (Fsp3) is 0. The predicted octanol–water partition coefficient (Wildman–Crippen LogP) is 12.3. The second-order valence-electron chi connectivity index (χ2n) is 13.1. The van der Waals surface area contributed by atoms with Gasteiger partial charge in [0.1, 0.15) is 5.58 Å². The van der Waals surface area contributed by atoms with Gasteiger partial charge >= 0.3 is 0 Å². The van der Waals surface area contributed by atoms with Gasteiger partial charge in [0.05, 0.1) is 10.9 Å². The fourth-order valence-corrected chi connectivity index (χ4v) is 7.11. The summed E-state index contributed by atoms with van der Waals surface area (Å²) in [7, 11) is 0. The van der Waals surface area contributed by atoms with Gasteiger partial charge in [-0.2, -0.15) is 0 Å². The monoisotopic (exact) mass is 678 g/mol. The zero-order valence-corrected chi connectivity index (χ0v) is 28.5. The maximum Gasteiger partial charge on any atom is 0.228 e. The van der Waals surface area contributed by atoms with Crippen LogP contribution in [0.2, 0.25) is 0 Å². The zero-order valence-electron chi connectivity index (χ0n) is 28.5. The summed E-state index contributed by atoms with van der Waals surface area (Å²) in [5.74, 6) is 1.84. The molecule has 0 aliphatic carbocycles. The van der Waals surface area contributed by atoms with E-state index in [1.807, 2.05) is 42.5 Å². The van der Waals surface area contributed by atoms with E-state index in [4.69, 9.17) is 24.4 Å². The quantitative estimate of drug-likeness (QED) is 0.175. The molecule has 7 aromatic carbocycles. The van der Waals surface area contributed by atoms with Crippen LogP contribution in [0, 0.1) is 0 Å². The van der Waals surface area contributed by atoms with Gasteiger partial charge < -0.3 is 4.42 Å². The zero-order chi connectivity index (χ0) is 35.1. The van der Waals surface area contributed by atoms with Gasteiger partial charge in [0, 0.05) is 33.0 Å². The molecule has 0 spiro atoms. The number of furan rings is 1. The topological polar surface area (TPSA) is 64.7 Å². The van der Waals surface area contributed by atoms with Crippen LogP contribution in [0.5, 0.6) is 0 Å². The van der Waals surface area contributed by atoms with Crippen LogP contribution in [-0.4, -0.2) is 19.9 Å². The molecule has 0 atom stereocenters. The molecule has 53 heavy (non-hydrogen) atoms. The summed E-state index contributed by atoms with van der Waals surface area (Å²) >= 11 is 0. The number of aromatic nitrogens is 4. The van der Waals surface area contributed by atoms with Crippen LogP contribution in [0.25, 0.3) is 101 Å². The van der Waals surface area contributed by atoms with Gasteiger partial charge in [0.2, 0.25) is 5.71 Å². The van der Waals surface area contributed by atoms with E-state index in [1.165, 1.54) is 0 Å². The van der Waals surface area contributed by atoms with Crippen molar-refractivity contribution in [2.24, 2.45) is 0 Å². The van der Waals surface area contributed by atoms with E-state index in [-0.39, 0.29) is 0 Å². The van der Waals surface area contributed by atoms with Crippen LogP contribution < -0.4 is 0 Å². The molecular weight excluding hydrogens is 649 g/mol. The third-order valence-electron chi connectivity index (χ3n) is 9.79. The molecule has 0 amide bonds. The number of para-hydroxylation sites is 2. The molecule has 0 aliphatic rings. The highest BCUT2D eigenvalue weighted by atomic mass is 16.3. The van der Waals surface area contributed by atoms with E-state index in [0.29, 0.717) is 23.2 Å². The Morgan fingerprint density at radius 2 is 0.698 bits per heavy atom. The Hall–Kier alpha value is -7.24. The summed E-state index contributed by atoms with van der Waals surface area (Å²) in [5.41, 5.74) is 11.8. The van der Waals surface area contributed by atoms with Crippen LogP contribution in [0.4, 0.5) is 0 Å². The van der Waals surface area contributed by atoms with Crippen molar-refractivity contribution in [3.63, 3.8) is 0 Å². The van der Waals surface area contributed by atoms with Crippen LogP contribution in [0.1, 0.15) is 0 Å². The number of hydrogen-bond donors (Lipinski definition) is 0. The molecule has 0 fully saturated rings. The van der Waals surface area contributed by atoms with Gasteiger partial charge in [-0.1, -0.05) is 170 Å². The van der Waals surface area contributed by atoms with Crippen LogP contribution in [0.3, 0.4) is 0 Å². The first-order valence-electron chi connectivity index (χ1n) is 17.6. The number of hydrogen-bond acceptors (Lipinski definition) is 5. The Bertz CT molecular complexity index is 2800. The average Bonchev–Trinajstić information content (AvgIpc) is 3.61. The second-order valence-corrected chi connectivity index (χ2v) is 13.1. The van der Waals surface area contributed by atoms with Gasteiger partial charge in [0.25, 0.3) is 0 Å². The molecule has 3 heterocycles. The van der Waals surface area contributed by atoms with Crippen molar-refractivity contribution in [3.05, 3.63) is 182 Å². The molecule has 0 N–H and O–H groups in total. The number of nitrogens with zero attached hydrogens (tertiary/aromatic N) is 4. The minimum absolute atomic E-state index is 0.606. The lowest BCUT2D eigenvalue weighted by Gasteiger charge is -2.11. The SMILES string of the molecule is c1ccc(-c2ccc(-c3nc(-c4ccc(-c5ccccc5)cc4)nc(-c4ccc(-c5c6ccccc6nc6oc7ccccc7c56)cc4)n3)cc2)cc1. The van der Waals surface area contributed by atoms with Gasteiger partial charge in [-0.3, -0.25) is 0 Å². The Morgan fingerprint density at radius 3 is 1.23 bits per heavy atom. The molecule has 10 rings (SSSR count). The standard InChI is InChI=1S/C48H30N4O/c1-3-11-31(12-4-1)33-19-25-36(26-20-33)45-50-46(37-27-21-34(22-28-37)32-13-5-2-6-14-32)52-47(51-45)38-29-23-35(24-30-38)43-39-15-7-9-17-41(39)49-48-44(43)40-16-8-10-18-42(40)53-48/h1-30H. The minimum Gasteiger partial charge on any atom is -0.438 e. The number of pyridine rings is 1. The molecule has 0 aliphatic heterocycles. The molecule has 5 nitrogen and oxygen atoms in total. The van der Waals surface area contributed by atoms with Gasteiger partial charge in [0.15, 0.2) is 17.5 Å². The van der Waals surface area contributed by atoms with Crippen molar-refractivity contribution in [2.45, 2.75) is 0 Å². The highest BCUT2D eigenvalue weighted by Crippen LogP contribution is 2.40. The Labute approximate surface area is 305 Å². The first kappa shape index (κ1) is 30.6. The first-order chi connectivity index (χ1) is 26.2. The van der Waals surface area contributed by atoms with Crippen LogP contribution in [0.15, 0.2) is 186 Å². The molecule has 0 bridgehead atoms. The Kier molecular flexibility index (Phi) is 7.40. The number of fused-ring (bicyclic) bond motifs is 4. The highest BCUT2D eigenvalue weighted by Gasteiger charge is 2.19. The van der Waals surface area contributed by atoms with Gasteiger partial charge in [-0.05, 0) is 39.9 Å². The Morgan fingerprint density at radius 1 is 0.302 bits per heavy atom. The summed E-state index contributed by atoms with van der Waals surface area (Å²) < 4.78 is 6.25. The summed E-state index contributed by atoms with van der Waals surface area (Å²) in [6.45, 7) is 0. The van der Waals surface area contributed by atoms with Crippen molar-refractivity contribution in [3.8, 4) is 67.5 Å². The summed E-state index contributed by atoms with van der Waals surface area (Å²) in [6.07, 6.45) is 0. The third kappa shape index (κ3) is 5.61. The molecule has 0 saturated heterocycles. The summed E-state index contributed by atoms with van der Waals surface area (Å²) in [5, 5.41) is 3.12. The van der Waals surface area contributed by atoms with Crippen molar-refractivity contribution < 1.29 is 4.42 Å². The number of rotatable bonds is 6. The third-order valence-corrected chi connectivity index (χ3v) is 9.79. The Balaban J connectivity index is 1.09. The summed E-state index contributed by atoms with van der Waals surface area (Å²) in [6, 6.07) is 62.4.